The summed E-state index contributed by atoms with van der Waals surface area (Å²) >= 11 is 1.44. The molecule has 1 saturated carbocycles. The minimum atomic E-state index is 0.000485. The molecule has 0 atom stereocenters. The van der Waals surface area contributed by atoms with Gasteiger partial charge in [0.1, 0.15) is 0 Å². The smallest absolute Gasteiger partial charge is 0.240 e. The van der Waals surface area contributed by atoms with Crippen LogP contribution >= 0.6 is 11.3 Å². The zero-order valence-corrected chi connectivity index (χ0v) is 10.1. The Morgan fingerprint density at radius 3 is 2.94 bits per heavy atom. The van der Waals surface area contributed by atoms with Crippen LogP contribution in [-0.2, 0) is 4.79 Å². The Labute approximate surface area is 99.5 Å². The van der Waals surface area contributed by atoms with Crippen molar-refractivity contribution in [2.45, 2.75) is 38.1 Å². The van der Waals surface area contributed by atoms with Gasteiger partial charge in [0, 0.05) is 17.6 Å². The van der Waals surface area contributed by atoms with Crippen LogP contribution in [0.3, 0.4) is 0 Å². The molecule has 0 saturated heterocycles. The van der Waals surface area contributed by atoms with E-state index in [2.05, 4.69) is 15.6 Å². The average molecular weight is 239 g/mol. The highest BCUT2D eigenvalue weighted by atomic mass is 32.1. The summed E-state index contributed by atoms with van der Waals surface area (Å²) in [5.41, 5.74) is 0. The Morgan fingerprint density at radius 1 is 1.44 bits per heavy atom. The monoisotopic (exact) mass is 239 g/mol. The van der Waals surface area contributed by atoms with Crippen LogP contribution in [0.2, 0.25) is 0 Å². The molecule has 4 nitrogen and oxygen atoms in total. The second kappa shape index (κ2) is 5.96. The first-order valence-corrected chi connectivity index (χ1v) is 6.65. The second-order valence-electron chi connectivity index (χ2n) is 4.10. The summed E-state index contributed by atoms with van der Waals surface area (Å²) in [5, 5.41) is 8.59. The van der Waals surface area contributed by atoms with E-state index in [9.17, 15) is 4.79 Å². The molecule has 1 fully saturated rings. The number of hydrogen-bond acceptors (Lipinski definition) is 4. The minimum absolute atomic E-state index is 0.000485. The van der Waals surface area contributed by atoms with Gasteiger partial charge in [-0.25, -0.2) is 4.98 Å². The number of thiazole rings is 1. The number of hydrogen-bond donors (Lipinski definition) is 2. The van der Waals surface area contributed by atoms with E-state index in [1.54, 1.807) is 6.20 Å². The van der Waals surface area contributed by atoms with Crippen molar-refractivity contribution in [3.63, 3.8) is 0 Å². The van der Waals surface area contributed by atoms with Crippen molar-refractivity contribution in [3.8, 4) is 0 Å². The summed E-state index contributed by atoms with van der Waals surface area (Å²) in [4.78, 5) is 15.6. The highest BCUT2D eigenvalue weighted by molar-refractivity contribution is 7.13. The lowest BCUT2D eigenvalue weighted by molar-refractivity contribution is -0.115. The van der Waals surface area contributed by atoms with Crippen molar-refractivity contribution in [2.75, 3.05) is 11.9 Å². The molecule has 5 heteroatoms. The molecule has 1 amide bonds. The fourth-order valence-corrected chi connectivity index (χ4v) is 2.54. The molecule has 0 aromatic carbocycles. The van der Waals surface area contributed by atoms with E-state index in [1.165, 1.54) is 43.4 Å². The number of carbonyl (C=O) groups is 1. The molecule has 0 aliphatic heterocycles. The molecule has 0 radical (unpaired) electrons. The summed E-state index contributed by atoms with van der Waals surface area (Å²) in [5.74, 6) is 0.000485. The van der Waals surface area contributed by atoms with E-state index in [1.807, 2.05) is 5.38 Å². The second-order valence-corrected chi connectivity index (χ2v) is 5.00. The summed E-state index contributed by atoms with van der Waals surface area (Å²) in [6.07, 6.45) is 7.99. The Kier molecular flexibility index (Phi) is 4.30. The predicted octanol–water partition coefficient (Wildman–Crippen LogP) is 2.00. The van der Waals surface area contributed by atoms with Crippen LogP contribution < -0.4 is 10.6 Å². The van der Waals surface area contributed by atoms with Crippen LogP contribution in [0.4, 0.5) is 5.13 Å². The molecule has 88 valence electrons. The fraction of sp³-hybridized carbons (Fsp3) is 0.636. The van der Waals surface area contributed by atoms with Crippen LogP contribution in [-0.4, -0.2) is 23.5 Å². The van der Waals surface area contributed by atoms with Gasteiger partial charge in [-0.05, 0) is 12.8 Å². The molecule has 1 aliphatic carbocycles. The highest BCUT2D eigenvalue weighted by Crippen LogP contribution is 2.17. The molecule has 0 bridgehead atoms. The topological polar surface area (TPSA) is 54.0 Å². The van der Waals surface area contributed by atoms with Gasteiger partial charge in [-0.3, -0.25) is 4.79 Å². The third-order valence-corrected chi connectivity index (χ3v) is 3.52. The first-order chi connectivity index (χ1) is 7.84. The Morgan fingerprint density at radius 2 is 2.25 bits per heavy atom. The van der Waals surface area contributed by atoms with Gasteiger partial charge in [0.05, 0.1) is 6.54 Å². The number of amides is 1. The third-order valence-electron chi connectivity index (χ3n) is 2.84. The van der Waals surface area contributed by atoms with Gasteiger partial charge in [-0.2, -0.15) is 0 Å². The fourth-order valence-electron chi connectivity index (χ4n) is 1.99. The van der Waals surface area contributed by atoms with Crippen molar-refractivity contribution in [1.29, 1.82) is 0 Å². The minimum Gasteiger partial charge on any atom is -0.306 e. The van der Waals surface area contributed by atoms with Crippen LogP contribution in [0.25, 0.3) is 0 Å². The highest BCUT2D eigenvalue weighted by Gasteiger charge is 2.13. The lowest BCUT2D eigenvalue weighted by Gasteiger charge is -2.22. The van der Waals surface area contributed by atoms with Gasteiger partial charge >= 0.3 is 0 Å². The number of aromatic nitrogens is 1. The summed E-state index contributed by atoms with van der Waals surface area (Å²) in [6.45, 7) is 0.393. The molecule has 16 heavy (non-hydrogen) atoms. The third kappa shape index (κ3) is 3.57. The molecule has 1 aliphatic rings. The molecule has 0 unspecified atom stereocenters. The van der Waals surface area contributed by atoms with Crippen molar-refractivity contribution in [1.82, 2.24) is 10.3 Å². The summed E-state index contributed by atoms with van der Waals surface area (Å²) in [6, 6.07) is 0.524. The van der Waals surface area contributed by atoms with Gasteiger partial charge in [-0.15, -0.1) is 11.3 Å². The first kappa shape index (κ1) is 11.5. The van der Waals surface area contributed by atoms with E-state index < -0.39 is 0 Å². The standard InChI is InChI=1S/C11H17N3OS/c15-10(14-11-12-6-7-16-11)8-13-9-4-2-1-3-5-9/h6-7,9,13H,1-5,8H2,(H,12,14,15). The van der Waals surface area contributed by atoms with Crippen molar-refractivity contribution in [2.24, 2.45) is 0 Å². The van der Waals surface area contributed by atoms with E-state index in [-0.39, 0.29) is 5.91 Å². The summed E-state index contributed by atoms with van der Waals surface area (Å²) in [7, 11) is 0. The van der Waals surface area contributed by atoms with Crippen LogP contribution in [0.1, 0.15) is 32.1 Å². The Hall–Kier alpha value is -0.940. The SMILES string of the molecule is O=C(CNC1CCCCC1)Nc1nccs1. The van der Waals surface area contributed by atoms with Gasteiger partial charge in [0.15, 0.2) is 5.13 Å². The van der Waals surface area contributed by atoms with Crippen molar-refractivity contribution < 1.29 is 4.79 Å². The number of anilines is 1. The van der Waals surface area contributed by atoms with Crippen molar-refractivity contribution >= 4 is 22.4 Å². The zero-order valence-electron chi connectivity index (χ0n) is 9.24. The Bertz CT molecular complexity index is 320. The van der Waals surface area contributed by atoms with Gasteiger partial charge in [0.25, 0.3) is 0 Å². The maximum absolute atomic E-state index is 11.5. The van der Waals surface area contributed by atoms with E-state index in [4.69, 9.17) is 0 Å². The van der Waals surface area contributed by atoms with Crippen LogP contribution in [0.15, 0.2) is 11.6 Å². The lowest BCUT2D eigenvalue weighted by Crippen LogP contribution is -2.37. The molecule has 2 N–H and O–H groups in total. The zero-order chi connectivity index (χ0) is 11.2. The van der Waals surface area contributed by atoms with Crippen LogP contribution in [0.5, 0.6) is 0 Å². The van der Waals surface area contributed by atoms with Crippen molar-refractivity contribution in [3.05, 3.63) is 11.6 Å². The number of carbonyl (C=O) groups excluding carboxylic acids is 1. The Balaban J connectivity index is 1.67. The molecule has 1 aromatic heterocycles. The molecule has 1 heterocycles. The molecule has 2 rings (SSSR count). The number of nitrogens with zero attached hydrogens (tertiary/aromatic N) is 1. The molecular weight excluding hydrogens is 222 g/mol. The molecule has 0 spiro atoms. The molecular formula is C11H17N3OS. The van der Waals surface area contributed by atoms with Gasteiger partial charge in [0.2, 0.25) is 5.91 Å². The summed E-state index contributed by atoms with van der Waals surface area (Å²) < 4.78 is 0. The normalized spacial score (nSPS) is 17.2. The molecule has 1 aromatic rings. The largest absolute Gasteiger partial charge is 0.306 e. The van der Waals surface area contributed by atoms with E-state index in [0.29, 0.717) is 17.7 Å². The lowest BCUT2D eigenvalue weighted by atomic mass is 9.95. The number of nitrogens with one attached hydrogen (secondary N) is 2. The predicted molar refractivity (Wildman–Crippen MR) is 65.6 cm³/mol. The first-order valence-electron chi connectivity index (χ1n) is 5.77. The quantitative estimate of drug-likeness (QED) is 0.845. The van der Waals surface area contributed by atoms with Gasteiger partial charge < -0.3 is 10.6 Å². The maximum atomic E-state index is 11.5. The number of rotatable bonds is 4. The van der Waals surface area contributed by atoms with E-state index >= 15 is 0 Å². The maximum Gasteiger partial charge on any atom is 0.240 e. The van der Waals surface area contributed by atoms with E-state index in [0.717, 1.165) is 0 Å². The van der Waals surface area contributed by atoms with Gasteiger partial charge in [-0.1, -0.05) is 19.3 Å². The van der Waals surface area contributed by atoms with Crippen LogP contribution in [0, 0.1) is 0 Å². The average Bonchev–Trinajstić information content (AvgIpc) is 2.81.